The van der Waals surface area contributed by atoms with Crippen molar-refractivity contribution in [3.8, 4) is 5.75 Å². The number of phenolic OH excluding ortho intramolecular Hbond substituents is 1. The van der Waals surface area contributed by atoms with Gasteiger partial charge in [0.1, 0.15) is 5.75 Å². The summed E-state index contributed by atoms with van der Waals surface area (Å²) in [7, 11) is 0. The van der Waals surface area contributed by atoms with Crippen LogP contribution in [0.5, 0.6) is 5.75 Å². The van der Waals surface area contributed by atoms with E-state index in [-0.39, 0.29) is 29.7 Å². The normalized spacial score (nSPS) is 10.8. The van der Waals surface area contributed by atoms with E-state index >= 15 is 0 Å². The van der Waals surface area contributed by atoms with Crippen molar-refractivity contribution in [3.63, 3.8) is 0 Å². The lowest BCUT2D eigenvalue weighted by atomic mass is 10.1. The molecule has 0 saturated heterocycles. The van der Waals surface area contributed by atoms with E-state index in [1.165, 1.54) is 0 Å². The van der Waals surface area contributed by atoms with Crippen molar-refractivity contribution in [2.45, 2.75) is 19.8 Å². The Morgan fingerprint density at radius 3 is 2.42 bits per heavy atom. The Kier molecular flexibility index (Phi) is 8.72. The zero-order chi connectivity index (χ0) is 14.7. The number of nitro groups is 1. The van der Waals surface area contributed by atoms with Crippen LogP contribution in [0.3, 0.4) is 0 Å². The average molecular weight is 269 g/mol. The lowest BCUT2D eigenvalue weighted by Crippen LogP contribution is -2.30. The molecule has 0 aliphatic carbocycles. The van der Waals surface area contributed by atoms with Crippen molar-refractivity contribution in [1.29, 1.82) is 0 Å². The van der Waals surface area contributed by atoms with Crippen LogP contribution in [-0.4, -0.2) is 22.5 Å². The van der Waals surface area contributed by atoms with Crippen LogP contribution < -0.4 is 11.3 Å². The van der Waals surface area contributed by atoms with E-state index in [9.17, 15) is 14.9 Å². The van der Waals surface area contributed by atoms with Crippen molar-refractivity contribution < 1.29 is 14.8 Å². The predicted molar refractivity (Wildman–Crippen MR) is 70.7 cm³/mol. The van der Waals surface area contributed by atoms with Crippen molar-refractivity contribution >= 4 is 5.91 Å². The molecule has 1 unspecified atom stereocenters. The first-order valence-corrected chi connectivity index (χ1v) is 5.81. The highest BCUT2D eigenvalue weighted by molar-refractivity contribution is 5.75. The second kappa shape index (κ2) is 9.84. The number of nitrogens with two attached hydrogens (primary N) is 1. The molecule has 1 rings (SSSR count). The van der Waals surface area contributed by atoms with Gasteiger partial charge in [-0.1, -0.05) is 25.1 Å². The van der Waals surface area contributed by atoms with Crippen LogP contribution in [0.15, 0.2) is 30.3 Å². The van der Waals surface area contributed by atoms with Gasteiger partial charge in [0.25, 0.3) is 0 Å². The number of carbonyl (C=O) groups excluding carboxylic acids is 1. The molecule has 0 fully saturated rings. The van der Waals surface area contributed by atoms with E-state index in [2.05, 4.69) is 0 Å². The van der Waals surface area contributed by atoms with E-state index in [1.54, 1.807) is 31.2 Å². The molecule has 0 radical (unpaired) electrons. The SMILES string of the molecule is CC(CCC(=O)NN)C[N+](=O)[O-].Oc1ccccc1. The maximum atomic E-state index is 10.6. The van der Waals surface area contributed by atoms with Crippen LogP contribution in [0.4, 0.5) is 0 Å². The highest BCUT2D eigenvalue weighted by Gasteiger charge is 2.10. The molecule has 0 aromatic heterocycles. The highest BCUT2D eigenvalue weighted by atomic mass is 16.6. The molecule has 7 heteroatoms. The molecule has 0 saturated carbocycles. The maximum Gasteiger partial charge on any atom is 0.233 e. The molecule has 1 aromatic carbocycles. The number of nitrogens with zero attached hydrogens (tertiary/aromatic N) is 1. The van der Waals surface area contributed by atoms with Crippen LogP contribution in [0.2, 0.25) is 0 Å². The third-order valence-electron chi connectivity index (χ3n) is 2.24. The van der Waals surface area contributed by atoms with Crippen molar-refractivity contribution in [2.75, 3.05) is 6.54 Å². The van der Waals surface area contributed by atoms with Crippen LogP contribution in [0, 0.1) is 16.0 Å². The second-order valence-corrected chi connectivity index (χ2v) is 4.06. The van der Waals surface area contributed by atoms with E-state index in [0.717, 1.165) is 0 Å². The third kappa shape index (κ3) is 10.7. The van der Waals surface area contributed by atoms with Gasteiger partial charge in [0.15, 0.2) is 0 Å². The molecule has 1 aromatic rings. The number of para-hydroxylation sites is 1. The highest BCUT2D eigenvalue weighted by Crippen LogP contribution is 2.04. The minimum absolute atomic E-state index is 0.0858. The topological polar surface area (TPSA) is 118 Å². The van der Waals surface area contributed by atoms with Crippen LogP contribution in [0.25, 0.3) is 0 Å². The van der Waals surface area contributed by atoms with Crippen LogP contribution in [-0.2, 0) is 4.79 Å². The average Bonchev–Trinajstić information content (AvgIpc) is 2.37. The summed E-state index contributed by atoms with van der Waals surface area (Å²) in [5, 5.41) is 18.6. The molecule has 0 bridgehead atoms. The lowest BCUT2D eigenvalue weighted by Gasteiger charge is -2.04. The van der Waals surface area contributed by atoms with Gasteiger partial charge in [0, 0.05) is 17.3 Å². The Balaban J connectivity index is 0.000000388. The molecule has 1 atom stereocenters. The van der Waals surface area contributed by atoms with Gasteiger partial charge in [-0.05, 0) is 18.6 Å². The van der Waals surface area contributed by atoms with Gasteiger partial charge in [0.05, 0.1) is 0 Å². The second-order valence-electron chi connectivity index (χ2n) is 4.06. The van der Waals surface area contributed by atoms with Crippen molar-refractivity contribution in [2.24, 2.45) is 11.8 Å². The first-order valence-electron chi connectivity index (χ1n) is 5.81. The van der Waals surface area contributed by atoms with Crippen molar-refractivity contribution in [3.05, 3.63) is 40.4 Å². The zero-order valence-corrected chi connectivity index (χ0v) is 10.8. The van der Waals surface area contributed by atoms with Crippen molar-refractivity contribution in [1.82, 2.24) is 5.43 Å². The van der Waals surface area contributed by atoms with Gasteiger partial charge in [-0.2, -0.15) is 0 Å². The number of rotatable bonds is 5. The number of benzene rings is 1. The fraction of sp³-hybridized carbons (Fsp3) is 0.417. The molecule has 0 heterocycles. The Bertz CT molecular complexity index is 384. The Morgan fingerprint density at radius 1 is 1.47 bits per heavy atom. The van der Waals surface area contributed by atoms with E-state index in [0.29, 0.717) is 12.2 Å². The predicted octanol–water partition coefficient (Wildman–Crippen LogP) is 1.06. The molecule has 0 aliphatic heterocycles. The molecule has 1 amide bonds. The Morgan fingerprint density at radius 2 is 2.05 bits per heavy atom. The number of hydrogen-bond acceptors (Lipinski definition) is 5. The number of carbonyl (C=O) groups is 1. The van der Waals surface area contributed by atoms with Crippen LogP contribution in [0.1, 0.15) is 19.8 Å². The summed E-state index contributed by atoms with van der Waals surface area (Å²) in [6.07, 6.45) is 0.732. The van der Waals surface area contributed by atoms with Gasteiger partial charge in [-0.15, -0.1) is 0 Å². The van der Waals surface area contributed by atoms with Gasteiger partial charge >= 0.3 is 0 Å². The van der Waals surface area contributed by atoms with Gasteiger partial charge in [0.2, 0.25) is 12.5 Å². The molecule has 7 nitrogen and oxygen atoms in total. The summed E-state index contributed by atoms with van der Waals surface area (Å²) in [4.78, 5) is 20.2. The lowest BCUT2D eigenvalue weighted by molar-refractivity contribution is -0.487. The van der Waals surface area contributed by atoms with Gasteiger partial charge in [-0.3, -0.25) is 20.3 Å². The minimum atomic E-state index is -0.384. The number of hydrogen-bond donors (Lipinski definition) is 3. The van der Waals surface area contributed by atoms with E-state index in [4.69, 9.17) is 10.9 Å². The number of amides is 1. The monoisotopic (exact) mass is 269 g/mol. The Labute approximate surface area is 111 Å². The Hall–Kier alpha value is -2.15. The number of phenols is 1. The summed E-state index contributed by atoms with van der Waals surface area (Å²) in [5.41, 5.74) is 1.96. The molecule has 4 N–H and O–H groups in total. The quantitative estimate of drug-likeness (QED) is 0.319. The number of aromatic hydroxyl groups is 1. The zero-order valence-electron chi connectivity index (χ0n) is 10.8. The maximum absolute atomic E-state index is 10.6. The third-order valence-corrected chi connectivity index (χ3v) is 2.24. The molecule has 106 valence electrons. The van der Waals surface area contributed by atoms with Crippen LogP contribution >= 0.6 is 0 Å². The summed E-state index contributed by atoms with van der Waals surface area (Å²) in [5.74, 6) is 4.78. The first kappa shape index (κ1) is 16.9. The van der Waals surface area contributed by atoms with Gasteiger partial charge < -0.3 is 5.11 Å². The number of hydrazine groups is 1. The fourth-order valence-electron chi connectivity index (χ4n) is 1.22. The fourth-order valence-corrected chi connectivity index (χ4v) is 1.22. The summed E-state index contributed by atoms with van der Waals surface area (Å²) in [6, 6.07) is 8.71. The molecular weight excluding hydrogens is 250 g/mol. The number of nitrogens with one attached hydrogen (secondary N) is 1. The molecule has 19 heavy (non-hydrogen) atoms. The summed E-state index contributed by atoms with van der Waals surface area (Å²) in [6.45, 7) is 1.63. The molecule has 0 spiro atoms. The smallest absolute Gasteiger partial charge is 0.233 e. The van der Waals surface area contributed by atoms with E-state index in [1.807, 2.05) is 11.5 Å². The largest absolute Gasteiger partial charge is 0.508 e. The van der Waals surface area contributed by atoms with Gasteiger partial charge in [-0.25, -0.2) is 5.84 Å². The van der Waals surface area contributed by atoms with E-state index < -0.39 is 0 Å². The summed E-state index contributed by atoms with van der Waals surface area (Å²) >= 11 is 0. The first-order chi connectivity index (χ1) is 8.95. The molecule has 0 aliphatic rings. The summed E-state index contributed by atoms with van der Waals surface area (Å²) < 4.78 is 0. The minimum Gasteiger partial charge on any atom is -0.508 e. The standard InChI is InChI=1S/C6H13N3O3.C6H6O/c1-5(4-9(11)12)2-3-6(10)8-7;7-6-4-2-1-3-5-6/h5H,2-4,7H2,1H3,(H,8,10);1-5,7H. The molecular formula is C12H19N3O4.